The standard InChI is InChI=1S/C29H35ClFN3O3/c1-20(26-18-23(30)17-21-7-5-6-8-25(21)26)34(19-27(36-3)37-4)28(35)32-29(13-15-33(2)16-14-29)22-9-11-24(31)12-10-22/h5-12,17-18,20,27H,13-16,19H2,1-4H3,(H,32,35). The summed E-state index contributed by atoms with van der Waals surface area (Å²) in [7, 11) is 5.18. The lowest BCUT2D eigenvalue weighted by Gasteiger charge is -2.44. The summed E-state index contributed by atoms with van der Waals surface area (Å²) in [5, 5.41) is 5.98. The van der Waals surface area contributed by atoms with E-state index in [-0.39, 0.29) is 24.4 Å². The van der Waals surface area contributed by atoms with Crippen LogP contribution in [-0.4, -0.2) is 63.0 Å². The first-order valence-electron chi connectivity index (χ1n) is 12.5. The zero-order valence-corrected chi connectivity index (χ0v) is 22.6. The number of carbonyl (C=O) groups is 1. The highest BCUT2D eigenvalue weighted by Gasteiger charge is 2.39. The number of hydrogen-bond donors (Lipinski definition) is 1. The molecule has 1 atom stereocenters. The minimum absolute atomic E-state index is 0.209. The molecule has 6 nitrogen and oxygen atoms in total. The number of nitrogens with one attached hydrogen (secondary N) is 1. The molecule has 198 valence electrons. The number of halogens is 2. The molecule has 3 aromatic rings. The smallest absolute Gasteiger partial charge is 0.318 e. The molecule has 0 spiro atoms. The van der Waals surface area contributed by atoms with Crippen molar-refractivity contribution in [2.24, 2.45) is 0 Å². The lowest BCUT2D eigenvalue weighted by molar-refractivity contribution is -0.114. The molecule has 37 heavy (non-hydrogen) atoms. The Morgan fingerprint density at radius 3 is 2.41 bits per heavy atom. The molecular formula is C29H35ClFN3O3. The van der Waals surface area contributed by atoms with Gasteiger partial charge in [-0.3, -0.25) is 0 Å². The second-order valence-corrected chi connectivity index (χ2v) is 10.2. The minimum Gasteiger partial charge on any atom is -0.354 e. The summed E-state index contributed by atoms with van der Waals surface area (Å²) in [5.41, 5.74) is 1.20. The predicted molar refractivity (Wildman–Crippen MR) is 145 cm³/mol. The average Bonchev–Trinajstić information content (AvgIpc) is 2.90. The van der Waals surface area contributed by atoms with Gasteiger partial charge < -0.3 is 24.6 Å². The third-order valence-electron chi connectivity index (χ3n) is 7.49. The maximum atomic E-state index is 14.1. The van der Waals surface area contributed by atoms with Crippen molar-refractivity contribution < 1.29 is 18.7 Å². The van der Waals surface area contributed by atoms with Gasteiger partial charge in [-0.05, 0) is 73.0 Å². The van der Waals surface area contributed by atoms with Crippen LogP contribution in [-0.2, 0) is 15.0 Å². The molecule has 1 saturated heterocycles. The van der Waals surface area contributed by atoms with E-state index < -0.39 is 11.8 Å². The molecule has 0 radical (unpaired) electrons. The van der Waals surface area contributed by atoms with Gasteiger partial charge >= 0.3 is 6.03 Å². The Morgan fingerprint density at radius 2 is 1.76 bits per heavy atom. The second-order valence-electron chi connectivity index (χ2n) is 9.77. The van der Waals surface area contributed by atoms with Gasteiger partial charge in [0.1, 0.15) is 5.82 Å². The average molecular weight is 528 g/mol. The van der Waals surface area contributed by atoms with Gasteiger partial charge in [0, 0.05) is 32.3 Å². The number of rotatable bonds is 8. The molecule has 1 unspecified atom stereocenters. The van der Waals surface area contributed by atoms with E-state index in [2.05, 4.69) is 17.3 Å². The topological polar surface area (TPSA) is 54.0 Å². The lowest BCUT2D eigenvalue weighted by atomic mass is 9.81. The highest BCUT2D eigenvalue weighted by atomic mass is 35.5. The number of amides is 2. The first kappa shape index (κ1) is 27.3. The summed E-state index contributed by atoms with van der Waals surface area (Å²) in [6, 6.07) is 17.7. The number of piperidine rings is 1. The molecule has 1 aliphatic heterocycles. The molecule has 1 heterocycles. The van der Waals surface area contributed by atoms with Crippen LogP contribution in [0.4, 0.5) is 9.18 Å². The number of urea groups is 1. The van der Waals surface area contributed by atoms with E-state index in [4.69, 9.17) is 21.1 Å². The van der Waals surface area contributed by atoms with Crippen LogP contribution in [0, 0.1) is 5.82 Å². The Kier molecular flexibility index (Phi) is 8.70. The quantitative estimate of drug-likeness (QED) is 0.368. The predicted octanol–water partition coefficient (Wildman–Crippen LogP) is 5.94. The van der Waals surface area contributed by atoms with Crippen LogP contribution in [0.25, 0.3) is 10.8 Å². The van der Waals surface area contributed by atoms with Crippen LogP contribution in [0.1, 0.15) is 36.9 Å². The highest BCUT2D eigenvalue weighted by molar-refractivity contribution is 6.31. The molecule has 0 bridgehead atoms. The fourth-order valence-electron chi connectivity index (χ4n) is 5.17. The van der Waals surface area contributed by atoms with Crippen LogP contribution < -0.4 is 5.32 Å². The van der Waals surface area contributed by atoms with Crippen molar-refractivity contribution in [1.82, 2.24) is 15.1 Å². The normalized spacial score (nSPS) is 16.6. The molecule has 0 aliphatic carbocycles. The summed E-state index contributed by atoms with van der Waals surface area (Å²) in [5.74, 6) is -0.302. The Labute approximate surface area is 223 Å². The summed E-state index contributed by atoms with van der Waals surface area (Å²) >= 11 is 6.49. The van der Waals surface area contributed by atoms with E-state index in [1.165, 1.54) is 12.1 Å². The fourth-order valence-corrected chi connectivity index (χ4v) is 5.41. The van der Waals surface area contributed by atoms with Crippen LogP contribution in [0.15, 0.2) is 60.7 Å². The molecule has 3 aromatic carbocycles. The van der Waals surface area contributed by atoms with Gasteiger partial charge in [0.25, 0.3) is 0 Å². The lowest BCUT2D eigenvalue weighted by Crippen LogP contribution is -2.57. The number of carbonyl (C=O) groups excluding carboxylic acids is 1. The minimum atomic E-state index is -0.624. The van der Waals surface area contributed by atoms with E-state index in [0.717, 1.165) is 35.0 Å². The van der Waals surface area contributed by atoms with Crippen molar-refractivity contribution in [3.05, 3.63) is 82.6 Å². The van der Waals surface area contributed by atoms with E-state index in [1.54, 1.807) is 31.3 Å². The van der Waals surface area contributed by atoms with Crippen molar-refractivity contribution in [3.63, 3.8) is 0 Å². The van der Waals surface area contributed by atoms with Gasteiger partial charge in [-0.2, -0.15) is 0 Å². The monoisotopic (exact) mass is 527 g/mol. The van der Waals surface area contributed by atoms with E-state index >= 15 is 0 Å². The molecule has 4 rings (SSSR count). The van der Waals surface area contributed by atoms with Crippen molar-refractivity contribution in [2.75, 3.05) is 40.9 Å². The fraction of sp³-hybridized carbons (Fsp3) is 0.414. The zero-order chi connectivity index (χ0) is 26.6. The maximum absolute atomic E-state index is 14.1. The van der Waals surface area contributed by atoms with Gasteiger partial charge in [0.2, 0.25) is 0 Å². The highest BCUT2D eigenvalue weighted by Crippen LogP contribution is 2.35. The molecule has 1 aliphatic rings. The summed E-state index contributed by atoms with van der Waals surface area (Å²) in [4.78, 5) is 18.1. The van der Waals surface area contributed by atoms with Crippen LogP contribution in [0.5, 0.6) is 0 Å². The van der Waals surface area contributed by atoms with Crippen LogP contribution >= 0.6 is 11.6 Å². The largest absolute Gasteiger partial charge is 0.354 e. The number of ether oxygens (including phenoxy) is 2. The number of methoxy groups -OCH3 is 2. The van der Waals surface area contributed by atoms with Gasteiger partial charge in [0.05, 0.1) is 18.1 Å². The number of benzene rings is 3. The zero-order valence-electron chi connectivity index (χ0n) is 21.8. The SMILES string of the molecule is COC(CN(C(=O)NC1(c2ccc(F)cc2)CCN(C)CC1)C(C)c1cc(Cl)cc2ccccc12)OC. The molecule has 8 heteroatoms. The molecule has 1 N–H and O–H groups in total. The summed E-state index contributed by atoms with van der Waals surface area (Å²) in [6.07, 6.45) is 0.806. The number of fused-ring (bicyclic) bond motifs is 1. The molecular weight excluding hydrogens is 493 g/mol. The van der Waals surface area contributed by atoms with Crippen molar-refractivity contribution in [1.29, 1.82) is 0 Å². The number of nitrogens with zero attached hydrogens (tertiary/aromatic N) is 2. The summed E-state index contributed by atoms with van der Waals surface area (Å²) < 4.78 is 24.7. The van der Waals surface area contributed by atoms with E-state index in [1.807, 2.05) is 43.3 Å². The Bertz CT molecular complexity index is 1210. The van der Waals surface area contributed by atoms with Crippen molar-refractivity contribution in [3.8, 4) is 0 Å². The molecule has 0 aromatic heterocycles. The maximum Gasteiger partial charge on any atom is 0.318 e. The van der Waals surface area contributed by atoms with Crippen molar-refractivity contribution >= 4 is 28.4 Å². The van der Waals surface area contributed by atoms with Crippen LogP contribution in [0.3, 0.4) is 0 Å². The first-order chi connectivity index (χ1) is 17.8. The van der Waals surface area contributed by atoms with E-state index in [0.29, 0.717) is 17.9 Å². The second kappa shape index (κ2) is 11.8. The van der Waals surface area contributed by atoms with E-state index in [9.17, 15) is 9.18 Å². The number of likely N-dealkylation sites (tertiary alicyclic amines) is 1. The van der Waals surface area contributed by atoms with Gasteiger partial charge in [-0.15, -0.1) is 0 Å². The Morgan fingerprint density at radius 1 is 1.11 bits per heavy atom. The first-order valence-corrected chi connectivity index (χ1v) is 12.9. The Balaban J connectivity index is 1.72. The van der Waals surface area contributed by atoms with Gasteiger partial charge in [-0.25, -0.2) is 9.18 Å². The molecule has 1 fully saturated rings. The van der Waals surface area contributed by atoms with Gasteiger partial charge in [0.15, 0.2) is 6.29 Å². The van der Waals surface area contributed by atoms with Gasteiger partial charge in [-0.1, -0.05) is 48.0 Å². The van der Waals surface area contributed by atoms with Crippen molar-refractivity contribution in [2.45, 2.75) is 37.6 Å². The molecule has 0 saturated carbocycles. The third-order valence-corrected chi connectivity index (χ3v) is 7.71. The number of hydrogen-bond acceptors (Lipinski definition) is 4. The summed E-state index contributed by atoms with van der Waals surface area (Å²) in [6.45, 7) is 3.81. The third kappa shape index (κ3) is 6.07. The Hall–Kier alpha value is -2.71. The molecule has 2 amide bonds. The van der Waals surface area contributed by atoms with Crippen LogP contribution in [0.2, 0.25) is 5.02 Å².